The summed E-state index contributed by atoms with van der Waals surface area (Å²) in [7, 11) is 1.55. The van der Waals surface area contributed by atoms with E-state index in [9.17, 15) is 19.7 Å². The molecular weight excluding hydrogens is 558 g/mol. The van der Waals surface area contributed by atoms with Gasteiger partial charge in [0.05, 0.1) is 46.0 Å². The molecule has 0 spiro atoms. The summed E-state index contributed by atoms with van der Waals surface area (Å²) < 4.78 is 18.2. The number of hydrogen-bond donors (Lipinski definition) is 0. The first kappa shape index (κ1) is 27.1. The first-order chi connectivity index (χ1) is 19.2. The highest BCUT2D eigenvalue weighted by Gasteiger charge is 2.33. The van der Waals surface area contributed by atoms with Crippen molar-refractivity contribution in [1.29, 1.82) is 0 Å². The summed E-state index contributed by atoms with van der Waals surface area (Å²) >= 11 is 7.07. The van der Waals surface area contributed by atoms with Gasteiger partial charge in [0.1, 0.15) is 17.3 Å². The molecule has 0 saturated heterocycles. The predicted molar refractivity (Wildman–Crippen MR) is 149 cm³/mol. The number of carbonyl (C=O) groups excluding carboxylic acids is 1. The molecule has 0 amide bonds. The third-order valence-corrected chi connectivity index (χ3v) is 7.49. The van der Waals surface area contributed by atoms with Crippen molar-refractivity contribution in [2.24, 2.45) is 4.99 Å². The molecule has 0 fully saturated rings. The number of furan rings is 1. The van der Waals surface area contributed by atoms with Crippen molar-refractivity contribution in [3.63, 3.8) is 0 Å². The third kappa shape index (κ3) is 4.96. The Kier molecular flexibility index (Phi) is 7.42. The molecule has 1 aliphatic rings. The zero-order valence-electron chi connectivity index (χ0n) is 21.5. The third-order valence-electron chi connectivity index (χ3n) is 6.27. The number of nitrogens with zero attached hydrogens (tertiary/aromatic N) is 3. The summed E-state index contributed by atoms with van der Waals surface area (Å²) in [6.07, 6.45) is 1.55. The van der Waals surface area contributed by atoms with Crippen LogP contribution >= 0.6 is 22.9 Å². The van der Waals surface area contributed by atoms with Crippen LogP contribution in [0.25, 0.3) is 17.4 Å². The standard InChI is InChI=1S/C28H22ClN3O7S/c1-4-38-27(34)24-15(2)30-28-31(25(24)16-5-8-18(37-3)9-6-16)26(33)23(40-28)14-19-10-12-22(39-19)20-11-7-17(29)13-21(20)32(35)36/h5-14,25H,4H2,1-3H3/b23-14+/t25-/m1/s1. The number of allylic oxidation sites excluding steroid dienone is 1. The smallest absolute Gasteiger partial charge is 0.338 e. The summed E-state index contributed by atoms with van der Waals surface area (Å²) in [6.45, 7) is 3.58. The average Bonchev–Trinajstić information content (AvgIpc) is 3.52. The normalized spacial score (nSPS) is 15.0. The zero-order chi connectivity index (χ0) is 28.6. The van der Waals surface area contributed by atoms with E-state index in [0.29, 0.717) is 32.1 Å². The lowest BCUT2D eigenvalue weighted by Crippen LogP contribution is -2.39. The number of fused-ring (bicyclic) bond motifs is 1. The number of aromatic nitrogens is 1. The van der Waals surface area contributed by atoms with Crippen molar-refractivity contribution >= 4 is 40.7 Å². The molecule has 0 aliphatic carbocycles. The van der Waals surface area contributed by atoms with Crippen molar-refractivity contribution in [1.82, 2.24) is 4.57 Å². The van der Waals surface area contributed by atoms with E-state index < -0.39 is 16.9 Å². The maximum absolute atomic E-state index is 13.8. The minimum absolute atomic E-state index is 0.169. The molecule has 204 valence electrons. The zero-order valence-corrected chi connectivity index (χ0v) is 23.1. The van der Waals surface area contributed by atoms with E-state index in [2.05, 4.69) is 4.99 Å². The number of rotatable bonds is 7. The topological polar surface area (TPSA) is 126 Å². The average molecular weight is 580 g/mol. The Morgan fingerprint density at radius 2 is 1.98 bits per heavy atom. The first-order valence-corrected chi connectivity index (χ1v) is 13.3. The van der Waals surface area contributed by atoms with Gasteiger partial charge in [-0.2, -0.15) is 0 Å². The molecule has 40 heavy (non-hydrogen) atoms. The molecule has 4 aromatic rings. The molecule has 5 rings (SSSR count). The Balaban J connectivity index is 1.63. The van der Waals surface area contributed by atoms with Crippen LogP contribution in [0.3, 0.4) is 0 Å². The molecule has 2 aromatic heterocycles. The summed E-state index contributed by atoms with van der Waals surface area (Å²) in [5.41, 5.74) is 1.07. The second-order valence-corrected chi connectivity index (χ2v) is 10.1. The Morgan fingerprint density at radius 1 is 1.23 bits per heavy atom. The van der Waals surface area contributed by atoms with Crippen molar-refractivity contribution in [2.75, 3.05) is 13.7 Å². The second kappa shape index (κ2) is 10.9. The Bertz CT molecular complexity index is 1850. The predicted octanol–water partition coefficient (Wildman–Crippen LogP) is 4.63. The summed E-state index contributed by atoms with van der Waals surface area (Å²) in [5.74, 6) is 0.633. The molecule has 1 atom stereocenters. The molecule has 3 heterocycles. The van der Waals surface area contributed by atoms with E-state index >= 15 is 0 Å². The Morgan fingerprint density at radius 3 is 2.65 bits per heavy atom. The van der Waals surface area contributed by atoms with Crippen LogP contribution in [0.2, 0.25) is 5.02 Å². The number of nitro benzene ring substituents is 1. The van der Waals surface area contributed by atoms with Crippen LogP contribution in [0.1, 0.15) is 31.2 Å². The van der Waals surface area contributed by atoms with E-state index in [1.807, 2.05) is 0 Å². The van der Waals surface area contributed by atoms with Crippen LogP contribution in [0.5, 0.6) is 5.75 Å². The molecule has 0 N–H and O–H groups in total. The lowest BCUT2D eigenvalue weighted by molar-refractivity contribution is -0.384. The summed E-state index contributed by atoms with van der Waals surface area (Å²) in [4.78, 5) is 42.7. The second-order valence-electron chi connectivity index (χ2n) is 8.70. The van der Waals surface area contributed by atoms with Crippen LogP contribution in [-0.2, 0) is 9.53 Å². The van der Waals surface area contributed by atoms with Gasteiger partial charge in [-0.25, -0.2) is 9.79 Å². The van der Waals surface area contributed by atoms with Gasteiger partial charge >= 0.3 is 5.97 Å². The molecule has 0 radical (unpaired) electrons. The van der Waals surface area contributed by atoms with E-state index in [1.54, 1.807) is 63.4 Å². The molecule has 2 aromatic carbocycles. The van der Waals surface area contributed by atoms with Gasteiger partial charge in [0.25, 0.3) is 11.2 Å². The maximum Gasteiger partial charge on any atom is 0.338 e. The van der Waals surface area contributed by atoms with Crippen molar-refractivity contribution in [2.45, 2.75) is 19.9 Å². The highest BCUT2D eigenvalue weighted by atomic mass is 35.5. The largest absolute Gasteiger partial charge is 0.497 e. The number of methoxy groups -OCH3 is 1. The van der Waals surface area contributed by atoms with E-state index in [-0.39, 0.29) is 39.8 Å². The van der Waals surface area contributed by atoms with Gasteiger partial charge < -0.3 is 13.9 Å². The van der Waals surface area contributed by atoms with Gasteiger partial charge in [-0.15, -0.1) is 0 Å². The maximum atomic E-state index is 13.8. The van der Waals surface area contributed by atoms with E-state index in [0.717, 1.165) is 11.3 Å². The number of halogens is 1. The molecule has 0 unspecified atom stereocenters. The van der Waals surface area contributed by atoms with Gasteiger partial charge in [-0.1, -0.05) is 35.1 Å². The van der Waals surface area contributed by atoms with Crippen LogP contribution in [-0.4, -0.2) is 29.2 Å². The quantitative estimate of drug-likeness (QED) is 0.177. The highest BCUT2D eigenvalue weighted by Crippen LogP contribution is 2.34. The fourth-order valence-electron chi connectivity index (χ4n) is 4.46. The van der Waals surface area contributed by atoms with Crippen molar-refractivity contribution in [3.8, 4) is 17.1 Å². The summed E-state index contributed by atoms with van der Waals surface area (Å²) in [6, 6.07) is 13.8. The molecule has 0 bridgehead atoms. The molecule has 12 heteroatoms. The lowest BCUT2D eigenvalue weighted by Gasteiger charge is -2.24. The van der Waals surface area contributed by atoms with Crippen LogP contribution in [0.4, 0.5) is 5.69 Å². The van der Waals surface area contributed by atoms with Crippen molar-refractivity contribution < 1.29 is 23.6 Å². The minimum Gasteiger partial charge on any atom is -0.497 e. The highest BCUT2D eigenvalue weighted by molar-refractivity contribution is 7.07. The summed E-state index contributed by atoms with van der Waals surface area (Å²) in [5, 5.41) is 11.8. The number of ether oxygens (including phenoxy) is 2. The fourth-order valence-corrected chi connectivity index (χ4v) is 5.65. The monoisotopic (exact) mass is 579 g/mol. The number of esters is 1. The Labute approximate surface area is 236 Å². The molecule has 1 aliphatic heterocycles. The Hall–Kier alpha value is -4.48. The SMILES string of the molecule is CCOC(=O)C1=C(C)N=c2s/c(=C/c3ccc(-c4ccc(Cl)cc4[N+](=O)[O-])o3)c(=O)n2[C@@H]1c1ccc(OC)cc1. The number of benzene rings is 2. The number of hydrogen-bond acceptors (Lipinski definition) is 9. The molecule has 0 saturated carbocycles. The van der Waals surface area contributed by atoms with E-state index in [1.165, 1.54) is 22.8 Å². The van der Waals surface area contributed by atoms with Gasteiger partial charge in [-0.05, 0) is 55.8 Å². The van der Waals surface area contributed by atoms with E-state index in [4.69, 9.17) is 25.5 Å². The molecule has 10 nitrogen and oxygen atoms in total. The fraction of sp³-hybridized carbons (Fsp3) is 0.179. The first-order valence-electron chi connectivity index (χ1n) is 12.1. The lowest BCUT2D eigenvalue weighted by atomic mass is 9.96. The number of carbonyl (C=O) groups is 1. The minimum atomic E-state index is -0.771. The van der Waals surface area contributed by atoms with Crippen LogP contribution in [0, 0.1) is 10.1 Å². The van der Waals surface area contributed by atoms with Gasteiger partial charge in [0, 0.05) is 17.2 Å². The van der Waals surface area contributed by atoms with Gasteiger partial charge in [0.15, 0.2) is 4.80 Å². The number of thiazole rings is 1. The van der Waals surface area contributed by atoms with Crippen LogP contribution < -0.4 is 19.6 Å². The number of nitro groups is 1. The van der Waals surface area contributed by atoms with Gasteiger partial charge in [-0.3, -0.25) is 19.5 Å². The van der Waals surface area contributed by atoms with Crippen molar-refractivity contribution in [3.05, 3.63) is 112 Å². The van der Waals surface area contributed by atoms with Gasteiger partial charge in [0.2, 0.25) is 0 Å². The molecular formula is C28H22ClN3O7S. The van der Waals surface area contributed by atoms with Crippen LogP contribution in [0.15, 0.2) is 80.1 Å².